The van der Waals surface area contributed by atoms with Crippen molar-refractivity contribution in [2.45, 2.75) is 12.8 Å². The van der Waals surface area contributed by atoms with Crippen LogP contribution in [-0.2, 0) is 16.3 Å². The first-order valence-corrected chi connectivity index (χ1v) is 8.17. The predicted molar refractivity (Wildman–Crippen MR) is 74.7 cm³/mol. The molecule has 100 valence electrons. The number of benzene rings is 1. The lowest BCUT2D eigenvalue weighted by atomic mass is 10.1. The SMILES string of the molecule is NCCc1ccc(N2CCCS(=O)(=O)CC2)cc1. The second kappa shape index (κ2) is 5.71. The zero-order valence-electron chi connectivity index (χ0n) is 10.5. The highest BCUT2D eigenvalue weighted by atomic mass is 32.2. The van der Waals surface area contributed by atoms with Gasteiger partial charge in [-0.15, -0.1) is 0 Å². The maximum absolute atomic E-state index is 11.5. The van der Waals surface area contributed by atoms with Gasteiger partial charge < -0.3 is 10.6 Å². The van der Waals surface area contributed by atoms with E-state index in [0.29, 0.717) is 25.3 Å². The van der Waals surface area contributed by atoms with Gasteiger partial charge >= 0.3 is 0 Å². The van der Waals surface area contributed by atoms with E-state index in [9.17, 15) is 8.42 Å². The third kappa shape index (κ3) is 3.46. The Balaban J connectivity index is 2.07. The number of nitrogens with two attached hydrogens (primary N) is 1. The van der Waals surface area contributed by atoms with E-state index < -0.39 is 9.84 Å². The lowest BCUT2D eigenvalue weighted by molar-refractivity contribution is 0.597. The molecule has 1 aromatic carbocycles. The van der Waals surface area contributed by atoms with E-state index in [4.69, 9.17) is 5.73 Å². The van der Waals surface area contributed by atoms with Crippen LogP contribution in [0.4, 0.5) is 5.69 Å². The summed E-state index contributed by atoms with van der Waals surface area (Å²) >= 11 is 0. The lowest BCUT2D eigenvalue weighted by Crippen LogP contribution is -2.26. The minimum absolute atomic E-state index is 0.261. The van der Waals surface area contributed by atoms with Gasteiger partial charge in [-0.25, -0.2) is 8.42 Å². The molecule has 0 aromatic heterocycles. The molecule has 18 heavy (non-hydrogen) atoms. The minimum atomic E-state index is -2.84. The molecule has 0 spiro atoms. The third-order valence-corrected chi connectivity index (χ3v) is 5.01. The van der Waals surface area contributed by atoms with Gasteiger partial charge in [0.2, 0.25) is 0 Å². The number of nitrogens with zero attached hydrogens (tertiary/aromatic N) is 1. The molecule has 0 unspecified atom stereocenters. The van der Waals surface area contributed by atoms with E-state index >= 15 is 0 Å². The second-order valence-corrected chi connectivity index (χ2v) is 7.00. The minimum Gasteiger partial charge on any atom is -0.370 e. The Morgan fingerprint density at radius 1 is 1.11 bits per heavy atom. The van der Waals surface area contributed by atoms with Gasteiger partial charge in [0.25, 0.3) is 0 Å². The fraction of sp³-hybridized carbons (Fsp3) is 0.538. The van der Waals surface area contributed by atoms with Crippen LogP contribution in [0.1, 0.15) is 12.0 Å². The molecule has 1 aromatic rings. The maximum Gasteiger partial charge on any atom is 0.152 e. The van der Waals surface area contributed by atoms with E-state index in [1.165, 1.54) is 5.56 Å². The van der Waals surface area contributed by atoms with Crippen molar-refractivity contribution in [3.8, 4) is 0 Å². The summed E-state index contributed by atoms with van der Waals surface area (Å²) in [5.74, 6) is 0.576. The van der Waals surface area contributed by atoms with Crippen molar-refractivity contribution < 1.29 is 8.42 Å². The first kappa shape index (κ1) is 13.4. The van der Waals surface area contributed by atoms with Crippen molar-refractivity contribution in [3.05, 3.63) is 29.8 Å². The molecule has 1 aliphatic rings. The van der Waals surface area contributed by atoms with Crippen LogP contribution < -0.4 is 10.6 Å². The highest BCUT2D eigenvalue weighted by molar-refractivity contribution is 7.91. The summed E-state index contributed by atoms with van der Waals surface area (Å²) < 4.78 is 23.1. The van der Waals surface area contributed by atoms with Crippen molar-refractivity contribution in [2.24, 2.45) is 5.73 Å². The molecule has 0 amide bonds. The van der Waals surface area contributed by atoms with E-state index in [1.807, 2.05) is 0 Å². The lowest BCUT2D eigenvalue weighted by Gasteiger charge is -2.22. The Labute approximate surface area is 109 Å². The van der Waals surface area contributed by atoms with Crippen LogP contribution in [0.5, 0.6) is 0 Å². The molecular formula is C13H20N2O2S. The molecule has 1 fully saturated rings. The second-order valence-electron chi connectivity index (χ2n) is 4.70. The number of anilines is 1. The molecular weight excluding hydrogens is 248 g/mol. The molecule has 1 aliphatic heterocycles. The largest absolute Gasteiger partial charge is 0.370 e. The van der Waals surface area contributed by atoms with E-state index in [0.717, 1.165) is 18.7 Å². The molecule has 2 N–H and O–H groups in total. The highest BCUT2D eigenvalue weighted by Crippen LogP contribution is 2.18. The zero-order valence-corrected chi connectivity index (χ0v) is 11.3. The number of hydrogen-bond donors (Lipinski definition) is 1. The first-order valence-electron chi connectivity index (χ1n) is 6.35. The maximum atomic E-state index is 11.5. The summed E-state index contributed by atoms with van der Waals surface area (Å²) in [5.41, 5.74) is 7.84. The quantitative estimate of drug-likeness (QED) is 0.881. The van der Waals surface area contributed by atoms with Crippen LogP contribution in [0.15, 0.2) is 24.3 Å². The standard InChI is InChI=1S/C13H20N2O2S/c14-7-6-12-2-4-13(5-3-12)15-8-1-10-18(16,17)11-9-15/h2-5H,1,6-11,14H2. The van der Waals surface area contributed by atoms with Crippen LogP contribution >= 0.6 is 0 Å². The normalized spacial score (nSPS) is 19.5. The molecule has 2 rings (SSSR count). The van der Waals surface area contributed by atoms with Crippen LogP contribution in [0.3, 0.4) is 0 Å². The highest BCUT2D eigenvalue weighted by Gasteiger charge is 2.19. The number of hydrogen-bond acceptors (Lipinski definition) is 4. The fourth-order valence-electron chi connectivity index (χ4n) is 2.24. The van der Waals surface area contributed by atoms with Gasteiger partial charge in [-0.1, -0.05) is 12.1 Å². The van der Waals surface area contributed by atoms with Gasteiger partial charge in [-0.05, 0) is 37.1 Å². The summed E-state index contributed by atoms with van der Waals surface area (Å²) in [4.78, 5) is 2.15. The molecule has 0 radical (unpaired) electrons. The van der Waals surface area contributed by atoms with E-state index in [-0.39, 0.29) is 5.75 Å². The molecule has 0 atom stereocenters. The predicted octanol–water partition coefficient (Wildman–Crippen LogP) is 0.813. The third-order valence-electron chi connectivity index (χ3n) is 3.29. The van der Waals surface area contributed by atoms with E-state index in [1.54, 1.807) is 0 Å². The van der Waals surface area contributed by atoms with Crippen molar-refractivity contribution in [1.29, 1.82) is 0 Å². The number of rotatable bonds is 3. The van der Waals surface area contributed by atoms with Crippen LogP contribution in [-0.4, -0.2) is 39.6 Å². The Morgan fingerprint density at radius 2 is 1.83 bits per heavy atom. The van der Waals surface area contributed by atoms with Gasteiger partial charge in [0.05, 0.1) is 11.5 Å². The smallest absolute Gasteiger partial charge is 0.152 e. The Bertz CT molecular complexity index is 482. The van der Waals surface area contributed by atoms with Gasteiger partial charge in [-0.3, -0.25) is 0 Å². The molecule has 0 aliphatic carbocycles. The molecule has 0 bridgehead atoms. The summed E-state index contributed by atoms with van der Waals surface area (Å²) in [6, 6.07) is 8.26. The Kier molecular flexibility index (Phi) is 4.24. The molecule has 4 nitrogen and oxygen atoms in total. The Morgan fingerprint density at radius 3 is 2.50 bits per heavy atom. The zero-order chi connectivity index (χ0) is 13.0. The summed E-state index contributed by atoms with van der Waals surface area (Å²) in [7, 11) is -2.84. The first-order chi connectivity index (χ1) is 8.61. The summed E-state index contributed by atoms with van der Waals surface area (Å²) in [5, 5.41) is 0. The van der Waals surface area contributed by atoms with Crippen molar-refractivity contribution >= 4 is 15.5 Å². The van der Waals surface area contributed by atoms with E-state index in [2.05, 4.69) is 29.2 Å². The summed E-state index contributed by atoms with van der Waals surface area (Å²) in [6.45, 7) is 2.06. The van der Waals surface area contributed by atoms with Gasteiger partial charge in [0.1, 0.15) is 0 Å². The van der Waals surface area contributed by atoms with Gasteiger partial charge in [0.15, 0.2) is 9.84 Å². The van der Waals surface area contributed by atoms with Crippen LogP contribution in [0.25, 0.3) is 0 Å². The van der Waals surface area contributed by atoms with Crippen LogP contribution in [0.2, 0.25) is 0 Å². The molecule has 1 saturated heterocycles. The molecule has 1 heterocycles. The molecule has 0 saturated carbocycles. The van der Waals surface area contributed by atoms with Gasteiger partial charge in [-0.2, -0.15) is 0 Å². The number of sulfone groups is 1. The van der Waals surface area contributed by atoms with Gasteiger partial charge in [0, 0.05) is 18.8 Å². The average Bonchev–Trinajstić information content (AvgIpc) is 2.52. The monoisotopic (exact) mass is 268 g/mol. The fourth-order valence-corrected chi connectivity index (χ4v) is 3.51. The van der Waals surface area contributed by atoms with Crippen molar-refractivity contribution in [3.63, 3.8) is 0 Å². The Hall–Kier alpha value is -1.07. The molecule has 5 heteroatoms. The average molecular weight is 268 g/mol. The summed E-state index contributed by atoms with van der Waals surface area (Å²) in [6.07, 6.45) is 1.60. The van der Waals surface area contributed by atoms with Crippen molar-refractivity contribution in [1.82, 2.24) is 0 Å². The van der Waals surface area contributed by atoms with Crippen molar-refractivity contribution in [2.75, 3.05) is 36.0 Å². The topological polar surface area (TPSA) is 63.4 Å². The van der Waals surface area contributed by atoms with Crippen LogP contribution in [0, 0.1) is 0 Å².